The summed E-state index contributed by atoms with van der Waals surface area (Å²) in [6, 6.07) is 4.98. The second-order valence-corrected chi connectivity index (χ2v) is 8.46. The van der Waals surface area contributed by atoms with Gasteiger partial charge in [-0.05, 0) is 29.6 Å². The van der Waals surface area contributed by atoms with Crippen molar-refractivity contribution in [2.45, 2.75) is 30.3 Å². The first kappa shape index (κ1) is 25.0. The Bertz CT molecular complexity index is 907. The van der Waals surface area contributed by atoms with Crippen molar-refractivity contribution in [3.63, 3.8) is 0 Å². The Balaban J connectivity index is 1.34. The number of piperidine rings is 1. The summed E-state index contributed by atoms with van der Waals surface area (Å²) < 4.78 is 16.2. The molecule has 1 fully saturated rings. The van der Waals surface area contributed by atoms with Gasteiger partial charge in [-0.2, -0.15) is 0 Å². The van der Waals surface area contributed by atoms with E-state index in [1.165, 1.54) is 0 Å². The summed E-state index contributed by atoms with van der Waals surface area (Å²) in [6.07, 6.45) is 0.592. The minimum atomic E-state index is -0.611. The first-order valence-electron chi connectivity index (χ1n) is 10.7. The molecule has 0 aromatic heterocycles. The van der Waals surface area contributed by atoms with Crippen LogP contribution in [-0.4, -0.2) is 80.6 Å². The molecule has 33 heavy (non-hydrogen) atoms. The van der Waals surface area contributed by atoms with Gasteiger partial charge in [-0.3, -0.25) is 19.7 Å². The maximum Gasteiger partial charge on any atom is 0.255 e. The third-order valence-corrected chi connectivity index (χ3v) is 6.23. The molecule has 0 aliphatic carbocycles. The van der Waals surface area contributed by atoms with Crippen LogP contribution in [0, 0.1) is 0 Å². The van der Waals surface area contributed by atoms with Gasteiger partial charge >= 0.3 is 0 Å². The van der Waals surface area contributed by atoms with E-state index in [-0.39, 0.29) is 18.2 Å². The van der Waals surface area contributed by atoms with Crippen LogP contribution in [0.15, 0.2) is 28.2 Å². The zero-order chi connectivity index (χ0) is 23.5. The number of hydrogen-bond acceptors (Lipinski definition) is 8. The molecule has 12 heteroatoms. The highest BCUT2D eigenvalue weighted by atomic mass is 32.2. The molecule has 2 heterocycles. The maximum absolute atomic E-state index is 12.8. The summed E-state index contributed by atoms with van der Waals surface area (Å²) in [6.45, 7) is 3.39. The maximum atomic E-state index is 12.8. The smallest absolute Gasteiger partial charge is 0.255 e. The molecule has 0 bridgehead atoms. The molecule has 0 spiro atoms. The van der Waals surface area contributed by atoms with Gasteiger partial charge in [0, 0.05) is 40.6 Å². The summed E-state index contributed by atoms with van der Waals surface area (Å²) in [7, 11) is 0. The minimum absolute atomic E-state index is 0.169. The second kappa shape index (κ2) is 13.2. The molecule has 1 aromatic carbocycles. The Labute approximate surface area is 195 Å². The van der Waals surface area contributed by atoms with Crippen molar-refractivity contribution < 1.29 is 28.6 Å². The average molecular weight is 478 g/mol. The van der Waals surface area contributed by atoms with Crippen LogP contribution in [0.5, 0.6) is 0 Å². The van der Waals surface area contributed by atoms with E-state index in [1.807, 2.05) is 12.1 Å². The largest absolute Gasteiger partial charge is 0.379 e. The Morgan fingerprint density at radius 1 is 1.09 bits per heavy atom. The average Bonchev–Trinajstić information content (AvgIpc) is 3.14. The molecule has 0 radical (unpaired) electrons. The number of amides is 3. The molecule has 3 rings (SSSR count). The number of hydrogen-bond donors (Lipinski definition) is 1. The molecule has 11 nitrogen and oxygen atoms in total. The summed E-state index contributed by atoms with van der Waals surface area (Å²) in [5.74, 6) is -0.155. The number of imide groups is 1. The number of rotatable bonds is 14. The van der Waals surface area contributed by atoms with E-state index < -0.39 is 11.9 Å². The monoisotopic (exact) mass is 477 g/mol. The molecule has 1 saturated heterocycles. The zero-order valence-electron chi connectivity index (χ0n) is 18.2. The summed E-state index contributed by atoms with van der Waals surface area (Å²) in [4.78, 5) is 41.7. The van der Waals surface area contributed by atoms with Gasteiger partial charge in [-0.25, -0.2) is 0 Å². The number of carbonyl (C=O) groups is 3. The first-order valence-corrected chi connectivity index (χ1v) is 11.7. The molecule has 0 saturated carbocycles. The molecule has 1 aromatic rings. The van der Waals surface area contributed by atoms with Gasteiger partial charge in [-0.1, -0.05) is 11.2 Å². The number of ether oxygens (including phenoxy) is 3. The molecule has 2 aliphatic heterocycles. The lowest BCUT2D eigenvalue weighted by molar-refractivity contribution is -0.136. The van der Waals surface area contributed by atoms with Crippen LogP contribution in [0.1, 0.15) is 28.8 Å². The van der Waals surface area contributed by atoms with Crippen LogP contribution in [-0.2, 0) is 30.3 Å². The quantitative estimate of drug-likeness (QED) is 0.108. The number of nitrogens with one attached hydrogen (secondary N) is 1. The van der Waals surface area contributed by atoms with Crippen LogP contribution in [0.4, 0.5) is 0 Å². The highest BCUT2D eigenvalue weighted by Crippen LogP contribution is 2.34. The third-order valence-electron chi connectivity index (χ3n) is 5.17. The van der Waals surface area contributed by atoms with E-state index in [0.29, 0.717) is 70.5 Å². The van der Waals surface area contributed by atoms with E-state index in [0.717, 1.165) is 10.5 Å². The van der Waals surface area contributed by atoms with Crippen molar-refractivity contribution >= 4 is 29.5 Å². The van der Waals surface area contributed by atoms with Gasteiger partial charge in [0.2, 0.25) is 11.8 Å². The van der Waals surface area contributed by atoms with Crippen molar-refractivity contribution in [1.82, 2.24) is 10.2 Å². The number of fused-ring (bicyclic) bond motifs is 1. The lowest BCUT2D eigenvalue weighted by Gasteiger charge is -2.29. The molecule has 1 N–H and O–H groups in total. The molecule has 2 aliphatic rings. The van der Waals surface area contributed by atoms with Crippen LogP contribution < -0.4 is 5.32 Å². The fourth-order valence-electron chi connectivity index (χ4n) is 3.59. The highest BCUT2D eigenvalue weighted by molar-refractivity contribution is 7.99. The van der Waals surface area contributed by atoms with E-state index in [1.54, 1.807) is 22.7 Å². The normalized spacial score (nSPS) is 17.6. The summed E-state index contributed by atoms with van der Waals surface area (Å²) in [5.41, 5.74) is 9.67. The van der Waals surface area contributed by atoms with E-state index in [9.17, 15) is 14.4 Å². The standard InChI is InChI=1S/C21H27N5O6S/c22-25-23-6-7-30-8-9-31-10-11-32-12-13-33-18-3-1-2-15-16(18)14-26(21(15)29)17-4-5-19(27)24-20(17)28/h1-3,17H,4-14H2,(H,24,27,28). The third kappa shape index (κ3) is 7.18. The lowest BCUT2D eigenvalue weighted by atomic mass is 10.0. The van der Waals surface area contributed by atoms with Crippen molar-refractivity contribution in [2.24, 2.45) is 5.11 Å². The van der Waals surface area contributed by atoms with Gasteiger partial charge < -0.3 is 19.1 Å². The molecular formula is C21H27N5O6S. The van der Waals surface area contributed by atoms with E-state index >= 15 is 0 Å². The van der Waals surface area contributed by atoms with Crippen molar-refractivity contribution in [1.29, 1.82) is 0 Å². The van der Waals surface area contributed by atoms with Crippen molar-refractivity contribution in [2.75, 3.05) is 51.9 Å². The molecule has 178 valence electrons. The Morgan fingerprint density at radius 3 is 2.55 bits per heavy atom. The Kier molecular flexibility index (Phi) is 9.98. The molecule has 3 amide bonds. The van der Waals surface area contributed by atoms with Gasteiger partial charge in [0.25, 0.3) is 5.91 Å². The van der Waals surface area contributed by atoms with Crippen molar-refractivity contribution in [3.05, 3.63) is 39.8 Å². The number of azide groups is 1. The second-order valence-electron chi connectivity index (χ2n) is 7.32. The molecule has 1 atom stereocenters. The van der Waals surface area contributed by atoms with E-state index in [2.05, 4.69) is 15.3 Å². The van der Waals surface area contributed by atoms with Gasteiger partial charge in [0.05, 0.1) is 39.6 Å². The van der Waals surface area contributed by atoms with Gasteiger partial charge in [0.15, 0.2) is 0 Å². The minimum Gasteiger partial charge on any atom is -0.379 e. The predicted octanol–water partition coefficient (Wildman–Crippen LogP) is 1.90. The van der Waals surface area contributed by atoms with Crippen molar-refractivity contribution in [3.8, 4) is 0 Å². The Hall–Kier alpha value is -2.63. The molecular weight excluding hydrogens is 450 g/mol. The number of thioether (sulfide) groups is 1. The topological polar surface area (TPSA) is 143 Å². The lowest BCUT2D eigenvalue weighted by Crippen LogP contribution is -2.52. The number of nitrogens with zero attached hydrogens (tertiary/aromatic N) is 4. The fourth-order valence-corrected chi connectivity index (χ4v) is 4.54. The van der Waals surface area contributed by atoms with Crippen LogP contribution in [0.2, 0.25) is 0 Å². The first-order chi connectivity index (χ1) is 16.1. The van der Waals surface area contributed by atoms with Crippen LogP contribution in [0.25, 0.3) is 10.4 Å². The molecule has 1 unspecified atom stereocenters. The Morgan fingerprint density at radius 2 is 1.82 bits per heavy atom. The fraction of sp³-hybridized carbons (Fsp3) is 0.571. The number of carbonyl (C=O) groups excluding carboxylic acids is 3. The van der Waals surface area contributed by atoms with Crippen LogP contribution in [0.3, 0.4) is 0 Å². The van der Waals surface area contributed by atoms with Gasteiger partial charge in [0.1, 0.15) is 6.04 Å². The summed E-state index contributed by atoms with van der Waals surface area (Å²) >= 11 is 1.61. The predicted molar refractivity (Wildman–Crippen MR) is 120 cm³/mol. The highest BCUT2D eigenvalue weighted by Gasteiger charge is 2.39. The number of benzene rings is 1. The summed E-state index contributed by atoms with van der Waals surface area (Å²) in [5, 5.41) is 5.69. The zero-order valence-corrected chi connectivity index (χ0v) is 19.1. The van der Waals surface area contributed by atoms with E-state index in [4.69, 9.17) is 19.7 Å². The van der Waals surface area contributed by atoms with Crippen LogP contribution >= 0.6 is 11.8 Å². The van der Waals surface area contributed by atoms with Gasteiger partial charge in [-0.15, -0.1) is 11.8 Å². The SMILES string of the molecule is [N-]=[N+]=NCCOCCOCCOCCSc1cccc2c1CN(C1CCC(=O)NC1=O)C2=O.